The number of hydrogen-bond acceptors (Lipinski definition) is 8. The van der Waals surface area contributed by atoms with Crippen LogP contribution in [-0.2, 0) is 16.0 Å². The molecule has 0 bridgehead atoms. The van der Waals surface area contributed by atoms with Gasteiger partial charge in [0.25, 0.3) is 0 Å². The number of benzene rings is 2. The highest BCUT2D eigenvalue weighted by Crippen LogP contribution is 2.32. The number of carbonyl (C=O) groups is 1. The van der Waals surface area contributed by atoms with Crippen molar-refractivity contribution in [2.75, 3.05) is 69.9 Å². The molecule has 0 radical (unpaired) electrons. The van der Waals surface area contributed by atoms with E-state index in [9.17, 15) is 4.79 Å². The van der Waals surface area contributed by atoms with Gasteiger partial charge in [0.2, 0.25) is 0 Å². The zero-order chi connectivity index (χ0) is 28.7. The normalized spacial score (nSPS) is 16.5. The van der Waals surface area contributed by atoms with Gasteiger partial charge >= 0.3 is 6.03 Å². The zero-order valence-electron chi connectivity index (χ0n) is 24.0. The summed E-state index contributed by atoms with van der Waals surface area (Å²) in [6.45, 7) is 6.79. The van der Waals surface area contributed by atoms with Gasteiger partial charge in [-0.25, -0.2) is 19.4 Å². The lowest BCUT2D eigenvalue weighted by Gasteiger charge is -2.32. The molecular weight excluding hydrogens is 532 g/mol. The van der Waals surface area contributed by atoms with E-state index in [4.69, 9.17) is 24.5 Å². The highest BCUT2D eigenvalue weighted by atomic mass is 16.5. The zero-order valence-corrected chi connectivity index (χ0v) is 24.0. The van der Waals surface area contributed by atoms with Crippen LogP contribution in [0.1, 0.15) is 24.4 Å². The lowest BCUT2D eigenvalue weighted by Crippen LogP contribution is -2.37. The minimum atomic E-state index is -0.272. The van der Waals surface area contributed by atoms with E-state index in [1.165, 1.54) is 5.56 Å². The standard InChI is InChI=1S/C31H38N8O3/c1-41-18-13-32-31(40)34-25-9-7-24(8-10-25)28-35-29(38-16-19-42-20-17-38)27-21-33-39(30(27)36-28)26-11-14-37(15-12-26)22-23-5-3-2-4-6-23/h2-10,21,26H,11-20,22H2,1H3,(H2,32,34,40). The minimum absolute atomic E-state index is 0.272. The van der Waals surface area contributed by atoms with E-state index in [-0.39, 0.29) is 12.1 Å². The Morgan fingerprint density at radius 1 is 1.00 bits per heavy atom. The summed E-state index contributed by atoms with van der Waals surface area (Å²) in [6.07, 6.45) is 3.96. The lowest BCUT2D eigenvalue weighted by atomic mass is 10.0. The van der Waals surface area contributed by atoms with Crippen molar-refractivity contribution < 1.29 is 14.3 Å². The van der Waals surface area contributed by atoms with Gasteiger partial charge in [0.15, 0.2) is 11.5 Å². The number of fused-ring (bicyclic) bond motifs is 1. The first-order valence-electron chi connectivity index (χ1n) is 14.7. The van der Waals surface area contributed by atoms with Crippen molar-refractivity contribution in [1.29, 1.82) is 0 Å². The first-order chi connectivity index (χ1) is 20.7. The Labute approximate surface area is 245 Å². The molecule has 2 aromatic carbocycles. The van der Waals surface area contributed by atoms with E-state index < -0.39 is 0 Å². The van der Waals surface area contributed by atoms with Crippen molar-refractivity contribution in [3.63, 3.8) is 0 Å². The average Bonchev–Trinajstić information content (AvgIpc) is 3.46. The Balaban J connectivity index is 1.24. The number of nitrogens with one attached hydrogen (secondary N) is 2. The average molecular weight is 571 g/mol. The van der Waals surface area contributed by atoms with Crippen LogP contribution in [0.4, 0.5) is 16.3 Å². The lowest BCUT2D eigenvalue weighted by molar-refractivity contribution is 0.122. The van der Waals surface area contributed by atoms with Gasteiger partial charge < -0.3 is 25.0 Å². The second-order valence-corrected chi connectivity index (χ2v) is 10.7. The maximum Gasteiger partial charge on any atom is 0.319 e. The number of amides is 2. The van der Waals surface area contributed by atoms with E-state index in [1.807, 2.05) is 30.5 Å². The van der Waals surface area contributed by atoms with Gasteiger partial charge in [-0.05, 0) is 42.7 Å². The number of methoxy groups -OCH3 is 1. The number of anilines is 2. The number of nitrogens with zero attached hydrogens (tertiary/aromatic N) is 6. The Bertz CT molecular complexity index is 1460. The number of morpholine rings is 1. The number of likely N-dealkylation sites (tertiary alicyclic amines) is 1. The highest BCUT2D eigenvalue weighted by molar-refractivity contribution is 5.90. The van der Waals surface area contributed by atoms with Gasteiger partial charge in [-0.2, -0.15) is 5.10 Å². The predicted molar refractivity (Wildman–Crippen MR) is 163 cm³/mol. The Morgan fingerprint density at radius 2 is 1.76 bits per heavy atom. The van der Waals surface area contributed by atoms with Gasteiger partial charge in [-0.15, -0.1) is 0 Å². The summed E-state index contributed by atoms with van der Waals surface area (Å²) in [5.41, 5.74) is 3.78. The fourth-order valence-electron chi connectivity index (χ4n) is 5.63. The van der Waals surface area contributed by atoms with Gasteiger partial charge in [-0.1, -0.05) is 30.3 Å². The van der Waals surface area contributed by atoms with Crippen molar-refractivity contribution >= 4 is 28.6 Å². The monoisotopic (exact) mass is 570 g/mol. The molecule has 2 saturated heterocycles. The second-order valence-electron chi connectivity index (χ2n) is 10.7. The highest BCUT2D eigenvalue weighted by Gasteiger charge is 2.26. The molecular formula is C31H38N8O3. The molecule has 6 rings (SSSR count). The van der Waals surface area contributed by atoms with Gasteiger partial charge in [0, 0.05) is 57.6 Å². The summed E-state index contributed by atoms with van der Waals surface area (Å²) in [6, 6.07) is 18.3. The van der Waals surface area contributed by atoms with E-state index in [2.05, 4.69) is 55.4 Å². The van der Waals surface area contributed by atoms with E-state index in [0.717, 1.165) is 68.0 Å². The molecule has 2 aromatic heterocycles. The summed E-state index contributed by atoms with van der Waals surface area (Å²) in [5.74, 6) is 1.54. The third-order valence-corrected chi connectivity index (χ3v) is 7.89. The molecule has 2 aliphatic rings. The minimum Gasteiger partial charge on any atom is -0.383 e. The molecule has 2 N–H and O–H groups in total. The van der Waals surface area contributed by atoms with Crippen LogP contribution in [-0.4, -0.2) is 90.3 Å². The van der Waals surface area contributed by atoms with E-state index >= 15 is 0 Å². The van der Waals surface area contributed by atoms with Gasteiger partial charge in [0.05, 0.1) is 37.4 Å². The van der Waals surface area contributed by atoms with Crippen molar-refractivity contribution in [3.8, 4) is 11.4 Å². The molecule has 0 unspecified atom stereocenters. The maximum atomic E-state index is 12.1. The number of ether oxygens (including phenoxy) is 2. The molecule has 11 nitrogen and oxygen atoms in total. The van der Waals surface area contributed by atoms with Crippen LogP contribution < -0.4 is 15.5 Å². The fourth-order valence-corrected chi connectivity index (χ4v) is 5.63. The summed E-state index contributed by atoms with van der Waals surface area (Å²) in [7, 11) is 1.60. The van der Waals surface area contributed by atoms with Crippen LogP contribution in [0.15, 0.2) is 60.8 Å². The van der Waals surface area contributed by atoms with Crippen LogP contribution in [0.2, 0.25) is 0 Å². The van der Waals surface area contributed by atoms with E-state index in [0.29, 0.717) is 37.9 Å². The summed E-state index contributed by atoms with van der Waals surface area (Å²) in [5, 5.41) is 11.5. The Morgan fingerprint density at radius 3 is 2.50 bits per heavy atom. The van der Waals surface area contributed by atoms with Gasteiger partial charge in [0.1, 0.15) is 5.82 Å². The van der Waals surface area contributed by atoms with Crippen molar-refractivity contribution in [2.45, 2.75) is 25.4 Å². The Kier molecular flexibility index (Phi) is 8.88. The SMILES string of the molecule is COCCNC(=O)Nc1ccc(-c2nc(N3CCOCC3)c3cnn(C4CCN(Cc5ccccc5)CC4)c3n2)cc1. The van der Waals surface area contributed by atoms with Crippen LogP contribution >= 0.6 is 0 Å². The van der Waals surface area contributed by atoms with Crippen LogP contribution in [0.25, 0.3) is 22.4 Å². The third-order valence-electron chi connectivity index (χ3n) is 7.89. The summed E-state index contributed by atoms with van der Waals surface area (Å²) in [4.78, 5) is 27.0. The summed E-state index contributed by atoms with van der Waals surface area (Å²) < 4.78 is 12.7. The predicted octanol–water partition coefficient (Wildman–Crippen LogP) is 3.93. The molecule has 220 valence electrons. The van der Waals surface area contributed by atoms with Crippen molar-refractivity contribution in [3.05, 3.63) is 66.4 Å². The first-order valence-corrected chi connectivity index (χ1v) is 14.7. The molecule has 0 atom stereocenters. The largest absolute Gasteiger partial charge is 0.383 e. The molecule has 4 heterocycles. The van der Waals surface area contributed by atoms with Crippen LogP contribution in [0.3, 0.4) is 0 Å². The Hall–Kier alpha value is -4.06. The second kappa shape index (κ2) is 13.3. The van der Waals surface area contributed by atoms with Crippen molar-refractivity contribution in [2.24, 2.45) is 0 Å². The third kappa shape index (κ3) is 6.53. The molecule has 4 aromatic rings. The first kappa shape index (κ1) is 28.1. The smallest absolute Gasteiger partial charge is 0.319 e. The van der Waals surface area contributed by atoms with Crippen LogP contribution in [0, 0.1) is 0 Å². The summed E-state index contributed by atoms with van der Waals surface area (Å²) >= 11 is 0. The quantitative estimate of drug-likeness (QED) is 0.292. The van der Waals surface area contributed by atoms with Gasteiger partial charge in [-0.3, -0.25) is 4.90 Å². The number of rotatable bonds is 9. The molecule has 2 fully saturated rings. The van der Waals surface area contributed by atoms with Crippen molar-refractivity contribution in [1.82, 2.24) is 30.0 Å². The molecule has 2 aliphatic heterocycles. The number of aromatic nitrogens is 4. The topological polar surface area (TPSA) is 110 Å². The molecule has 0 aliphatic carbocycles. The number of hydrogen-bond donors (Lipinski definition) is 2. The molecule has 0 spiro atoms. The molecule has 2 amide bonds. The van der Waals surface area contributed by atoms with E-state index in [1.54, 1.807) is 7.11 Å². The number of piperidine rings is 1. The van der Waals surface area contributed by atoms with Crippen LogP contribution in [0.5, 0.6) is 0 Å². The maximum absolute atomic E-state index is 12.1. The fraction of sp³-hybridized carbons (Fsp3) is 0.419. The molecule has 0 saturated carbocycles. The number of urea groups is 1. The molecule has 42 heavy (non-hydrogen) atoms. The molecule has 11 heteroatoms. The number of carbonyl (C=O) groups excluding carboxylic acids is 1.